The van der Waals surface area contributed by atoms with Gasteiger partial charge >= 0.3 is 0 Å². The molecule has 0 heterocycles. The lowest BCUT2D eigenvalue weighted by atomic mass is 10.0. The van der Waals surface area contributed by atoms with Gasteiger partial charge in [-0.1, -0.05) is 54.6 Å². The molecule has 27 heavy (non-hydrogen) atoms. The maximum atomic E-state index is 11.8. The summed E-state index contributed by atoms with van der Waals surface area (Å²) in [6.07, 6.45) is 1.13. The van der Waals surface area contributed by atoms with Gasteiger partial charge in [0.1, 0.15) is 0 Å². The zero-order chi connectivity index (χ0) is 19.0. The largest absolute Gasteiger partial charge is 0.382 e. The van der Waals surface area contributed by atoms with Crippen molar-refractivity contribution in [1.82, 2.24) is 0 Å². The predicted molar refractivity (Wildman–Crippen MR) is 109 cm³/mol. The second-order valence-corrected chi connectivity index (χ2v) is 8.60. The molecule has 4 rings (SSSR count). The highest BCUT2D eigenvalue weighted by Gasteiger charge is 2.38. The Balaban J connectivity index is 1.51. The molecule has 2 atom stereocenters. The molecule has 1 aliphatic carbocycles. The Morgan fingerprint density at radius 3 is 2.30 bits per heavy atom. The number of primary sulfonamides is 1. The molecule has 0 aromatic heterocycles. The first-order valence-corrected chi connectivity index (χ1v) is 10.5. The molecule has 3 N–H and O–H groups in total. The minimum atomic E-state index is -3.76. The average Bonchev–Trinajstić information content (AvgIpc) is 3.41. The smallest absolute Gasteiger partial charge is 0.238 e. The van der Waals surface area contributed by atoms with Crippen LogP contribution in [0.4, 0.5) is 5.69 Å². The van der Waals surface area contributed by atoms with Crippen LogP contribution in [0, 0.1) is 6.92 Å². The van der Waals surface area contributed by atoms with Crippen LogP contribution < -0.4 is 10.5 Å². The second kappa shape index (κ2) is 6.83. The molecule has 0 amide bonds. The van der Waals surface area contributed by atoms with Crippen molar-refractivity contribution in [3.63, 3.8) is 0 Å². The number of aryl methyl sites for hydroxylation is 1. The number of hydrogen-bond donors (Lipinski definition) is 2. The van der Waals surface area contributed by atoms with E-state index in [0.717, 1.165) is 17.7 Å². The van der Waals surface area contributed by atoms with Crippen LogP contribution in [0.2, 0.25) is 0 Å². The lowest BCUT2D eigenvalue weighted by molar-refractivity contribution is 0.598. The number of nitrogens with one attached hydrogen (secondary N) is 1. The molecule has 0 radical (unpaired) electrons. The molecular weight excluding hydrogens is 356 g/mol. The van der Waals surface area contributed by atoms with Gasteiger partial charge in [0.25, 0.3) is 0 Å². The molecule has 0 spiro atoms. The molecule has 0 saturated heterocycles. The summed E-state index contributed by atoms with van der Waals surface area (Å²) in [7, 11) is -3.76. The molecule has 5 heteroatoms. The van der Waals surface area contributed by atoms with Crippen LogP contribution in [0.25, 0.3) is 11.1 Å². The maximum absolute atomic E-state index is 11.8. The predicted octanol–water partition coefficient (Wildman–Crippen LogP) is 4.28. The summed E-state index contributed by atoms with van der Waals surface area (Å²) in [5, 5.41) is 8.91. The van der Waals surface area contributed by atoms with Crippen molar-refractivity contribution < 1.29 is 8.42 Å². The fourth-order valence-electron chi connectivity index (χ4n) is 3.61. The van der Waals surface area contributed by atoms with Crippen molar-refractivity contribution in [3.8, 4) is 11.1 Å². The van der Waals surface area contributed by atoms with Crippen molar-refractivity contribution in [1.29, 1.82) is 0 Å². The van der Waals surface area contributed by atoms with Gasteiger partial charge in [0, 0.05) is 23.2 Å². The number of rotatable bonds is 5. The molecule has 1 fully saturated rings. The summed E-state index contributed by atoms with van der Waals surface area (Å²) in [5.41, 5.74) is 5.23. The normalized spacial score (nSPS) is 18.9. The summed E-state index contributed by atoms with van der Waals surface area (Å²) < 4.78 is 23.6. The van der Waals surface area contributed by atoms with Gasteiger partial charge in [-0.15, -0.1) is 0 Å². The molecule has 0 aliphatic heterocycles. The van der Waals surface area contributed by atoms with Gasteiger partial charge in [-0.25, -0.2) is 13.6 Å². The van der Waals surface area contributed by atoms with E-state index in [1.165, 1.54) is 17.2 Å². The van der Waals surface area contributed by atoms with Gasteiger partial charge in [0.15, 0.2) is 0 Å². The first-order valence-electron chi connectivity index (χ1n) is 8.98. The van der Waals surface area contributed by atoms with E-state index in [2.05, 4.69) is 36.5 Å². The topological polar surface area (TPSA) is 72.2 Å². The minimum absolute atomic E-state index is 0.146. The van der Waals surface area contributed by atoms with Gasteiger partial charge < -0.3 is 5.32 Å². The second-order valence-electron chi connectivity index (χ2n) is 7.07. The van der Waals surface area contributed by atoms with E-state index in [1.54, 1.807) is 12.1 Å². The highest BCUT2D eigenvalue weighted by molar-refractivity contribution is 7.89. The number of sulfonamides is 1. The molecule has 138 valence electrons. The highest BCUT2D eigenvalue weighted by Crippen LogP contribution is 2.44. The Hall–Kier alpha value is -2.63. The maximum Gasteiger partial charge on any atom is 0.238 e. The van der Waals surface area contributed by atoms with Crippen molar-refractivity contribution in [3.05, 3.63) is 83.9 Å². The molecule has 2 unspecified atom stereocenters. The number of hydrogen-bond acceptors (Lipinski definition) is 3. The van der Waals surface area contributed by atoms with E-state index in [4.69, 9.17) is 5.14 Å². The Morgan fingerprint density at radius 2 is 1.59 bits per heavy atom. The molecule has 1 aliphatic rings. The lowest BCUT2D eigenvalue weighted by Gasteiger charge is -2.11. The van der Waals surface area contributed by atoms with Crippen LogP contribution >= 0.6 is 0 Å². The molecule has 4 nitrogen and oxygen atoms in total. The van der Waals surface area contributed by atoms with Crippen LogP contribution in [-0.2, 0) is 10.0 Å². The average molecular weight is 378 g/mol. The van der Waals surface area contributed by atoms with E-state index >= 15 is 0 Å². The third-order valence-corrected chi connectivity index (χ3v) is 6.09. The summed E-state index contributed by atoms with van der Waals surface area (Å²) >= 11 is 0. The van der Waals surface area contributed by atoms with E-state index < -0.39 is 10.0 Å². The van der Waals surface area contributed by atoms with Gasteiger partial charge in [0.2, 0.25) is 10.0 Å². The molecule has 0 bridgehead atoms. The third-order valence-electron chi connectivity index (χ3n) is 5.12. The zero-order valence-corrected chi connectivity index (χ0v) is 15.9. The number of benzene rings is 3. The molecule has 3 aromatic rings. The van der Waals surface area contributed by atoms with E-state index in [1.807, 2.05) is 30.3 Å². The Morgan fingerprint density at radius 1 is 0.926 bits per heavy atom. The Labute approximate surface area is 160 Å². The number of anilines is 1. The van der Waals surface area contributed by atoms with Crippen LogP contribution in [-0.4, -0.2) is 14.5 Å². The quantitative estimate of drug-likeness (QED) is 0.696. The fourth-order valence-corrected chi connectivity index (χ4v) is 4.38. The third kappa shape index (κ3) is 3.75. The first kappa shape index (κ1) is 17.8. The van der Waals surface area contributed by atoms with Crippen molar-refractivity contribution in [2.24, 2.45) is 5.14 Å². The van der Waals surface area contributed by atoms with Gasteiger partial charge in [-0.05, 0) is 48.2 Å². The van der Waals surface area contributed by atoms with Crippen molar-refractivity contribution in [2.45, 2.75) is 30.2 Å². The van der Waals surface area contributed by atoms with Crippen LogP contribution in [0.5, 0.6) is 0 Å². The van der Waals surface area contributed by atoms with Crippen molar-refractivity contribution in [2.75, 3.05) is 5.32 Å². The highest BCUT2D eigenvalue weighted by atomic mass is 32.2. The van der Waals surface area contributed by atoms with Gasteiger partial charge in [0.05, 0.1) is 4.90 Å². The van der Waals surface area contributed by atoms with E-state index in [9.17, 15) is 8.42 Å². The van der Waals surface area contributed by atoms with Crippen LogP contribution in [0.15, 0.2) is 77.7 Å². The molecule has 1 saturated carbocycles. The van der Waals surface area contributed by atoms with Crippen LogP contribution in [0.1, 0.15) is 23.5 Å². The summed E-state index contributed by atoms with van der Waals surface area (Å²) in [4.78, 5) is 0.146. The first-order chi connectivity index (χ1) is 12.9. The zero-order valence-electron chi connectivity index (χ0n) is 15.1. The summed E-state index contributed by atoms with van der Waals surface area (Å²) in [6, 6.07) is 23.6. The molecule has 3 aromatic carbocycles. The van der Waals surface area contributed by atoms with E-state index in [-0.39, 0.29) is 4.90 Å². The summed E-state index contributed by atoms with van der Waals surface area (Å²) in [5.74, 6) is 0.550. The van der Waals surface area contributed by atoms with Crippen LogP contribution in [0.3, 0.4) is 0 Å². The lowest BCUT2D eigenvalue weighted by Crippen LogP contribution is -2.13. The number of nitrogens with two attached hydrogens (primary N) is 1. The van der Waals surface area contributed by atoms with E-state index in [0.29, 0.717) is 17.5 Å². The summed E-state index contributed by atoms with van der Waals surface area (Å²) in [6.45, 7) is 2.16. The Bertz CT molecular complexity index is 1080. The van der Waals surface area contributed by atoms with Gasteiger partial charge in [-0.2, -0.15) is 0 Å². The Kier molecular flexibility index (Phi) is 4.50. The van der Waals surface area contributed by atoms with Gasteiger partial charge in [-0.3, -0.25) is 0 Å². The SMILES string of the molecule is Cc1ccccc1C1CC1Nc1ccc(-c2ccccc2S(N)(=O)=O)cc1. The fraction of sp³-hybridized carbons (Fsp3) is 0.182. The standard InChI is InChI=1S/C22H22N2O2S/c1-15-6-2-3-7-18(15)20-14-21(20)24-17-12-10-16(11-13-17)19-8-4-5-9-22(19)27(23,25)26/h2-13,20-21,24H,14H2,1H3,(H2,23,25,26). The van der Waals surface area contributed by atoms with Crippen molar-refractivity contribution >= 4 is 15.7 Å². The minimum Gasteiger partial charge on any atom is -0.382 e. The molecular formula is C22H22N2O2S. The monoisotopic (exact) mass is 378 g/mol.